The zero-order chi connectivity index (χ0) is 35.6. The first-order chi connectivity index (χ1) is 24.8. The van der Waals surface area contributed by atoms with E-state index >= 15 is 0 Å². The minimum atomic E-state index is -4.41. The summed E-state index contributed by atoms with van der Waals surface area (Å²) in [4.78, 5) is 0. The second-order valence-electron chi connectivity index (χ2n) is 11.9. The lowest BCUT2D eigenvalue weighted by molar-refractivity contribution is -0.303. The van der Waals surface area contributed by atoms with Crippen LogP contribution >= 0.6 is 0 Å². The lowest BCUT2D eigenvalue weighted by Gasteiger charge is -2.44. The summed E-state index contributed by atoms with van der Waals surface area (Å²) in [5.41, 5.74) is 3.32. The van der Waals surface area contributed by atoms with Crippen molar-refractivity contribution in [2.75, 3.05) is 34.5 Å². The van der Waals surface area contributed by atoms with Crippen molar-refractivity contribution in [2.24, 2.45) is 0 Å². The first-order valence-corrected chi connectivity index (χ1v) is 17.8. The summed E-state index contributed by atoms with van der Waals surface area (Å²) in [6.07, 6.45) is -5.48. The molecule has 6 rings (SSSR count). The molecule has 2 fully saturated rings. The molecule has 0 amide bonds. The molecule has 2 aliphatic heterocycles. The van der Waals surface area contributed by atoms with Crippen molar-refractivity contribution < 1.29 is 54.7 Å². The monoisotopic (exact) mass is 722 g/mol. The third-order valence-electron chi connectivity index (χ3n) is 8.60. The number of ether oxygens (including phenoxy) is 8. The molecule has 272 valence electrons. The third-order valence-corrected chi connectivity index (χ3v) is 9.48. The van der Waals surface area contributed by atoms with Crippen LogP contribution in [0.2, 0.25) is 0 Å². The van der Waals surface area contributed by atoms with Gasteiger partial charge in [-0.15, -0.1) is 0 Å². The number of rotatable bonds is 15. The van der Waals surface area contributed by atoms with Crippen LogP contribution in [0.25, 0.3) is 0 Å². The fourth-order valence-corrected chi connectivity index (χ4v) is 6.65. The van der Waals surface area contributed by atoms with E-state index in [-0.39, 0.29) is 33.0 Å². The van der Waals surface area contributed by atoms with E-state index in [9.17, 15) is 8.42 Å². The van der Waals surface area contributed by atoms with Crippen LogP contribution in [0.5, 0.6) is 17.2 Å². The Balaban J connectivity index is 1.32. The molecule has 0 saturated carbocycles. The molecule has 4 aromatic rings. The van der Waals surface area contributed by atoms with E-state index in [2.05, 4.69) is 0 Å². The van der Waals surface area contributed by atoms with Gasteiger partial charge in [-0.2, -0.15) is 8.42 Å². The average Bonchev–Trinajstić information content (AvgIpc) is 3.17. The van der Waals surface area contributed by atoms with Gasteiger partial charge in [0.1, 0.15) is 47.8 Å². The first kappa shape index (κ1) is 36.7. The fourth-order valence-electron chi connectivity index (χ4n) is 5.78. The van der Waals surface area contributed by atoms with Gasteiger partial charge in [0.25, 0.3) is 0 Å². The second kappa shape index (κ2) is 17.4. The molecule has 0 bridgehead atoms. The molecule has 6 atom stereocenters. The van der Waals surface area contributed by atoms with Crippen LogP contribution in [-0.2, 0) is 62.3 Å². The molecule has 13 heteroatoms. The van der Waals surface area contributed by atoms with Crippen LogP contribution in [0, 0.1) is 0 Å². The number of hydrogen-bond acceptors (Lipinski definition) is 12. The van der Waals surface area contributed by atoms with Gasteiger partial charge in [-0.1, -0.05) is 66.7 Å². The van der Waals surface area contributed by atoms with Crippen LogP contribution in [0.1, 0.15) is 28.5 Å². The van der Waals surface area contributed by atoms with Crippen LogP contribution in [0.3, 0.4) is 0 Å². The highest BCUT2D eigenvalue weighted by atomic mass is 32.3. The Morgan fingerprint density at radius 2 is 1.12 bits per heavy atom. The average molecular weight is 723 g/mol. The molecular weight excluding hydrogens is 680 g/mol. The van der Waals surface area contributed by atoms with Crippen molar-refractivity contribution in [3.8, 4) is 17.2 Å². The minimum Gasteiger partial charge on any atom is -0.497 e. The molecule has 0 spiro atoms. The summed E-state index contributed by atoms with van der Waals surface area (Å²) in [5.74, 6) is 2.10. The zero-order valence-electron chi connectivity index (χ0n) is 28.6. The Hall–Kier alpha value is -4.05. The van der Waals surface area contributed by atoms with E-state index in [1.165, 1.54) is 0 Å². The first-order valence-electron chi connectivity index (χ1n) is 16.5. The van der Waals surface area contributed by atoms with Crippen LogP contribution in [-0.4, -0.2) is 73.5 Å². The zero-order valence-corrected chi connectivity index (χ0v) is 29.4. The quantitative estimate of drug-likeness (QED) is 0.153. The fraction of sp³-hybridized carbons (Fsp3) is 0.368. The van der Waals surface area contributed by atoms with Crippen molar-refractivity contribution in [2.45, 2.75) is 56.6 Å². The van der Waals surface area contributed by atoms with Crippen molar-refractivity contribution in [3.63, 3.8) is 0 Å². The number of methoxy groups -OCH3 is 3. The molecule has 2 heterocycles. The van der Waals surface area contributed by atoms with Gasteiger partial charge in [0.2, 0.25) is 0 Å². The predicted molar refractivity (Wildman–Crippen MR) is 184 cm³/mol. The Kier molecular flexibility index (Phi) is 12.6. The van der Waals surface area contributed by atoms with E-state index < -0.39 is 47.2 Å². The largest absolute Gasteiger partial charge is 0.497 e. The molecule has 12 nitrogen and oxygen atoms in total. The van der Waals surface area contributed by atoms with E-state index in [4.69, 9.17) is 46.3 Å². The third kappa shape index (κ3) is 9.84. The Bertz CT molecular complexity index is 1750. The van der Waals surface area contributed by atoms with Crippen molar-refractivity contribution in [1.82, 2.24) is 0 Å². The Labute approximate surface area is 298 Å². The number of hydrogen-bond donors (Lipinski definition) is 0. The molecule has 0 N–H and O–H groups in total. The van der Waals surface area contributed by atoms with Gasteiger partial charge in [-0.3, -0.25) is 0 Å². The Morgan fingerprint density at radius 3 is 1.63 bits per heavy atom. The highest BCUT2D eigenvalue weighted by Gasteiger charge is 2.50. The maximum absolute atomic E-state index is 12.9. The minimum absolute atomic E-state index is 0.0859. The lowest BCUT2D eigenvalue weighted by Crippen LogP contribution is -2.59. The summed E-state index contributed by atoms with van der Waals surface area (Å²) in [7, 11) is 0.379. The maximum atomic E-state index is 12.9. The molecule has 4 aromatic carbocycles. The van der Waals surface area contributed by atoms with E-state index in [1.54, 1.807) is 21.3 Å². The summed E-state index contributed by atoms with van der Waals surface area (Å²) in [5, 5.41) is 0. The highest BCUT2D eigenvalue weighted by Crippen LogP contribution is 2.35. The molecule has 2 aliphatic rings. The predicted octanol–water partition coefficient (Wildman–Crippen LogP) is 5.54. The lowest BCUT2D eigenvalue weighted by atomic mass is 9.97. The summed E-state index contributed by atoms with van der Waals surface area (Å²) >= 11 is 0. The van der Waals surface area contributed by atoms with Crippen molar-refractivity contribution in [3.05, 3.63) is 125 Å². The van der Waals surface area contributed by atoms with Gasteiger partial charge in [-0.05, 0) is 53.1 Å². The van der Waals surface area contributed by atoms with Crippen LogP contribution in [0.15, 0.2) is 103 Å². The van der Waals surface area contributed by atoms with Gasteiger partial charge in [0.15, 0.2) is 6.29 Å². The van der Waals surface area contributed by atoms with Crippen molar-refractivity contribution >= 4 is 10.4 Å². The molecule has 0 aliphatic carbocycles. The molecular formula is C38H42O12S. The SMILES string of the molecule is COc1ccc(CO[C@H]([C@@H]2OC(c3ccccc3)OC[C@@H]2OCc2ccc(OC)cc2)[C@@H]2OS(=O)(=O)OC[C@H]2OCc2ccc(OC)cc2)cc1. The van der Waals surface area contributed by atoms with Gasteiger partial charge in [0, 0.05) is 5.56 Å². The highest BCUT2D eigenvalue weighted by molar-refractivity contribution is 7.81. The van der Waals surface area contributed by atoms with E-state index in [0.717, 1.165) is 28.0 Å². The van der Waals surface area contributed by atoms with Gasteiger partial charge < -0.3 is 37.9 Å². The van der Waals surface area contributed by atoms with Crippen LogP contribution in [0.4, 0.5) is 0 Å². The summed E-state index contributed by atoms with van der Waals surface area (Å²) in [6, 6.07) is 31.7. The van der Waals surface area contributed by atoms with Gasteiger partial charge in [-0.25, -0.2) is 8.37 Å². The van der Waals surface area contributed by atoms with Gasteiger partial charge >= 0.3 is 10.4 Å². The van der Waals surface area contributed by atoms with Gasteiger partial charge in [0.05, 0.1) is 54.4 Å². The van der Waals surface area contributed by atoms with Crippen molar-refractivity contribution in [1.29, 1.82) is 0 Å². The molecule has 1 unspecified atom stereocenters. The molecule has 51 heavy (non-hydrogen) atoms. The van der Waals surface area contributed by atoms with E-state index in [1.807, 2.05) is 103 Å². The number of benzene rings is 4. The van der Waals surface area contributed by atoms with Crippen LogP contribution < -0.4 is 14.2 Å². The smallest absolute Gasteiger partial charge is 0.400 e. The molecule has 0 aromatic heterocycles. The molecule has 2 saturated heterocycles. The Morgan fingerprint density at radius 1 is 0.627 bits per heavy atom. The summed E-state index contributed by atoms with van der Waals surface area (Å²) < 4.78 is 84.8. The summed E-state index contributed by atoms with van der Waals surface area (Å²) in [6.45, 7) is 0.262. The maximum Gasteiger partial charge on any atom is 0.400 e. The van der Waals surface area contributed by atoms with E-state index in [0.29, 0.717) is 11.5 Å². The molecule has 0 radical (unpaired) electrons. The second-order valence-corrected chi connectivity index (χ2v) is 13.2. The topological polar surface area (TPSA) is 126 Å². The standard InChI is InChI=1S/C38H42O12S/c1-41-30-15-9-26(10-16-30)21-44-33-24-47-38(29-7-5-4-6-8-29)49-35(33)37(46-23-28-13-19-32(43-3)20-14-28)36-34(25-48-51(39,40)50-36)45-22-27-11-17-31(42-2)18-12-27/h4-20,33-38H,21-25H2,1-3H3/t33-,34+,35+,36+,37+,38?/m0/s1. The normalized spacial score (nSPS) is 23.6.